The highest BCUT2D eigenvalue weighted by Gasteiger charge is 2.49. The van der Waals surface area contributed by atoms with Crippen LogP contribution < -0.4 is 21.3 Å². The molecule has 4 aromatic rings. The number of likely N-dealkylation sites (N-methyl/N-ethyl adjacent to an activating group) is 1. The van der Waals surface area contributed by atoms with Gasteiger partial charge in [-0.2, -0.15) is 0 Å². The number of nitrogens with zero attached hydrogens (tertiary/aromatic N) is 6. The Kier molecular flexibility index (Phi) is 5.93. The van der Waals surface area contributed by atoms with Gasteiger partial charge in [-0.3, -0.25) is 9.20 Å². The highest BCUT2D eigenvalue weighted by atomic mass is 19.1. The van der Waals surface area contributed by atoms with Crippen LogP contribution in [0.25, 0.3) is 16.8 Å². The van der Waals surface area contributed by atoms with Crippen molar-refractivity contribution in [3.8, 4) is 11.3 Å². The fourth-order valence-corrected chi connectivity index (χ4v) is 5.96. The number of amides is 1. The van der Waals surface area contributed by atoms with Crippen molar-refractivity contribution in [2.45, 2.75) is 25.3 Å². The number of aromatic nitrogens is 4. The Morgan fingerprint density at radius 3 is 2.70 bits per heavy atom. The summed E-state index contributed by atoms with van der Waals surface area (Å²) >= 11 is 0. The topological polar surface area (TPSA) is 117 Å². The van der Waals surface area contributed by atoms with Crippen LogP contribution in [0.5, 0.6) is 0 Å². The number of halogens is 1. The van der Waals surface area contributed by atoms with Gasteiger partial charge in [-0.25, -0.2) is 19.3 Å². The first kappa shape index (κ1) is 24.9. The van der Waals surface area contributed by atoms with E-state index in [1.54, 1.807) is 24.5 Å². The lowest BCUT2D eigenvalue weighted by molar-refractivity contribution is 0.102. The summed E-state index contributed by atoms with van der Waals surface area (Å²) < 4.78 is 17.5. The molecule has 2 aliphatic heterocycles. The average Bonchev–Trinajstić information content (AvgIpc) is 3.41. The van der Waals surface area contributed by atoms with Gasteiger partial charge in [0.2, 0.25) is 0 Å². The summed E-state index contributed by atoms with van der Waals surface area (Å²) in [6.45, 7) is 4.73. The second kappa shape index (κ2) is 9.53. The number of piperazine rings is 1. The lowest BCUT2D eigenvalue weighted by Gasteiger charge is -2.34. The van der Waals surface area contributed by atoms with E-state index in [0.29, 0.717) is 22.4 Å². The van der Waals surface area contributed by atoms with Gasteiger partial charge in [-0.05, 0) is 56.0 Å². The van der Waals surface area contributed by atoms with Crippen molar-refractivity contribution in [2.75, 3.05) is 55.7 Å². The zero-order chi connectivity index (χ0) is 27.4. The molecule has 3 aliphatic rings. The molecule has 3 fully saturated rings. The molecule has 5 heterocycles. The Morgan fingerprint density at radius 1 is 1.12 bits per heavy atom. The average molecular weight is 542 g/mol. The predicted molar refractivity (Wildman–Crippen MR) is 152 cm³/mol. The number of carbonyl (C=O) groups excluding carboxylic acids is 1. The number of hydrogen-bond acceptors (Lipinski definition) is 8. The molecular weight excluding hydrogens is 509 g/mol. The summed E-state index contributed by atoms with van der Waals surface area (Å²) in [5.74, 6) is 0.514. The minimum absolute atomic E-state index is 0.0628. The van der Waals surface area contributed by atoms with Crippen LogP contribution >= 0.6 is 0 Å². The molecule has 2 saturated heterocycles. The summed E-state index contributed by atoms with van der Waals surface area (Å²) in [7, 11) is 2.11. The van der Waals surface area contributed by atoms with E-state index < -0.39 is 11.7 Å². The first-order chi connectivity index (χ1) is 19.4. The number of anilines is 3. The van der Waals surface area contributed by atoms with Gasteiger partial charge in [0.1, 0.15) is 34.5 Å². The molecule has 0 radical (unpaired) electrons. The number of nitrogen functional groups attached to an aromatic ring is 1. The van der Waals surface area contributed by atoms with Gasteiger partial charge in [-0.15, -0.1) is 0 Å². The Bertz CT molecular complexity index is 1610. The smallest absolute Gasteiger partial charge is 0.256 e. The molecular formula is C29H32FN9O. The summed E-state index contributed by atoms with van der Waals surface area (Å²) in [6.07, 6.45) is 8.58. The van der Waals surface area contributed by atoms with Crippen molar-refractivity contribution in [1.29, 1.82) is 0 Å². The van der Waals surface area contributed by atoms with Crippen LogP contribution in [0.4, 0.5) is 21.7 Å². The van der Waals surface area contributed by atoms with Crippen molar-refractivity contribution < 1.29 is 9.18 Å². The van der Waals surface area contributed by atoms with E-state index in [-0.39, 0.29) is 23.0 Å². The Morgan fingerprint density at radius 2 is 1.95 bits per heavy atom. The molecule has 7 rings (SSSR count). The zero-order valence-electron chi connectivity index (χ0n) is 22.4. The monoisotopic (exact) mass is 541 g/mol. The van der Waals surface area contributed by atoms with Crippen LogP contribution in [0, 0.1) is 11.2 Å². The van der Waals surface area contributed by atoms with Gasteiger partial charge in [0.05, 0.1) is 6.04 Å². The van der Waals surface area contributed by atoms with Crippen LogP contribution in [0.2, 0.25) is 0 Å². The first-order valence-electron chi connectivity index (χ1n) is 13.8. The van der Waals surface area contributed by atoms with E-state index in [9.17, 15) is 4.79 Å². The second-order valence-corrected chi connectivity index (χ2v) is 11.3. The van der Waals surface area contributed by atoms with Gasteiger partial charge >= 0.3 is 0 Å². The number of rotatable bonds is 5. The molecule has 4 N–H and O–H groups in total. The van der Waals surface area contributed by atoms with Crippen molar-refractivity contribution in [2.24, 2.45) is 5.41 Å². The fourth-order valence-electron chi connectivity index (χ4n) is 5.96. The van der Waals surface area contributed by atoms with Crippen molar-refractivity contribution in [3.63, 3.8) is 0 Å². The van der Waals surface area contributed by atoms with E-state index >= 15 is 4.39 Å². The maximum atomic E-state index is 15.6. The van der Waals surface area contributed by atoms with Crippen molar-refractivity contribution in [1.82, 2.24) is 29.6 Å². The molecule has 206 valence electrons. The highest BCUT2D eigenvalue weighted by molar-refractivity contribution is 6.04. The number of benzene rings is 1. The molecule has 1 aliphatic carbocycles. The normalized spacial score (nSPS) is 20.4. The van der Waals surface area contributed by atoms with E-state index in [2.05, 4.69) is 37.4 Å². The summed E-state index contributed by atoms with van der Waals surface area (Å²) in [5, 5.41) is 6.40. The molecule has 3 aromatic heterocycles. The lowest BCUT2D eigenvalue weighted by Crippen LogP contribution is -2.44. The van der Waals surface area contributed by atoms with E-state index in [4.69, 9.17) is 10.7 Å². The second-order valence-electron chi connectivity index (χ2n) is 11.3. The lowest BCUT2D eigenvalue weighted by atomic mass is 10.0. The molecule has 1 amide bonds. The standard InChI is InChI=1S/C29H32FN9O/c1-37-10-12-38(13-11-37)19-4-7-32-23(15-19)35-28(40)18-2-3-20(21(30)14-18)24-25-26(31)33-8-9-39(25)27(36-24)22-16-29(5-6-29)17-34-22/h2-4,7-9,14-15,22,34H,5-6,10-13,16-17H2,1H3,(H2,31,33)(H,32,35,40)/t22-/m0/s1. The van der Waals surface area contributed by atoms with Crippen LogP contribution in [0.3, 0.4) is 0 Å². The number of imidazole rings is 1. The molecule has 1 spiro atoms. The highest BCUT2D eigenvalue weighted by Crippen LogP contribution is 2.55. The van der Waals surface area contributed by atoms with Crippen LogP contribution in [0.15, 0.2) is 48.9 Å². The maximum absolute atomic E-state index is 15.6. The molecule has 11 heteroatoms. The Hall–Kier alpha value is -4.09. The Labute approximate surface area is 231 Å². The molecule has 40 heavy (non-hydrogen) atoms. The number of pyridine rings is 1. The van der Waals surface area contributed by atoms with Crippen LogP contribution in [-0.2, 0) is 0 Å². The molecule has 1 aromatic carbocycles. The summed E-state index contributed by atoms with van der Waals surface area (Å²) in [4.78, 5) is 31.0. The number of nitrogens with two attached hydrogens (primary N) is 1. The minimum atomic E-state index is -0.556. The SMILES string of the molecule is CN1CCN(c2ccnc(NC(=O)c3ccc(-c4nc([C@@H]5CC6(CC6)CN5)n5ccnc(N)c45)c(F)c3)c2)CC1. The van der Waals surface area contributed by atoms with Crippen LogP contribution in [0.1, 0.15) is 41.5 Å². The third-order valence-corrected chi connectivity index (χ3v) is 8.58. The van der Waals surface area contributed by atoms with Gasteiger partial charge < -0.3 is 26.2 Å². The third-order valence-electron chi connectivity index (χ3n) is 8.58. The van der Waals surface area contributed by atoms with Crippen molar-refractivity contribution in [3.05, 3.63) is 66.1 Å². The van der Waals surface area contributed by atoms with E-state index in [1.807, 2.05) is 22.7 Å². The van der Waals surface area contributed by atoms with Gasteiger partial charge in [0.15, 0.2) is 0 Å². The van der Waals surface area contributed by atoms with E-state index in [0.717, 1.165) is 50.7 Å². The third kappa shape index (κ3) is 4.44. The van der Waals surface area contributed by atoms with Gasteiger partial charge in [-0.1, -0.05) is 0 Å². The van der Waals surface area contributed by atoms with Crippen molar-refractivity contribution >= 4 is 28.7 Å². The molecule has 1 atom stereocenters. The first-order valence-corrected chi connectivity index (χ1v) is 13.8. The molecule has 1 saturated carbocycles. The van der Waals surface area contributed by atoms with E-state index in [1.165, 1.54) is 18.9 Å². The maximum Gasteiger partial charge on any atom is 0.256 e. The molecule has 10 nitrogen and oxygen atoms in total. The minimum Gasteiger partial charge on any atom is -0.382 e. The quantitative estimate of drug-likeness (QED) is 0.352. The van der Waals surface area contributed by atoms with Gasteiger partial charge in [0, 0.05) is 74.2 Å². The summed E-state index contributed by atoms with van der Waals surface area (Å²) in [6, 6.07) is 8.27. The zero-order valence-corrected chi connectivity index (χ0v) is 22.4. The fraction of sp³-hybridized carbons (Fsp3) is 0.379. The van der Waals surface area contributed by atoms with Crippen LogP contribution in [-0.4, -0.2) is 69.9 Å². The number of carbonyl (C=O) groups is 1. The number of hydrogen-bond donors (Lipinski definition) is 3. The summed E-state index contributed by atoms with van der Waals surface area (Å²) in [5.41, 5.74) is 9.09. The van der Waals surface area contributed by atoms with Gasteiger partial charge in [0.25, 0.3) is 5.91 Å². The number of fused-ring (bicyclic) bond motifs is 1. The molecule has 0 bridgehead atoms. The largest absolute Gasteiger partial charge is 0.382 e. The molecule has 0 unspecified atom stereocenters. The predicted octanol–water partition coefficient (Wildman–Crippen LogP) is 3.33. The Balaban J connectivity index is 1.15. The number of nitrogens with one attached hydrogen (secondary N) is 2.